The number of amides is 1. The van der Waals surface area contributed by atoms with Crippen molar-refractivity contribution in [3.63, 3.8) is 0 Å². The van der Waals surface area contributed by atoms with Gasteiger partial charge >= 0.3 is 0 Å². The van der Waals surface area contributed by atoms with Gasteiger partial charge < -0.3 is 14.2 Å². The van der Waals surface area contributed by atoms with E-state index in [1.165, 1.54) is 18.5 Å². The summed E-state index contributed by atoms with van der Waals surface area (Å²) in [5.74, 6) is 0.688. The highest BCUT2D eigenvalue weighted by molar-refractivity contribution is 6.06. The van der Waals surface area contributed by atoms with Crippen LogP contribution in [0.1, 0.15) is 34.5 Å². The zero-order valence-electron chi connectivity index (χ0n) is 20.7. The summed E-state index contributed by atoms with van der Waals surface area (Å²) >= 11 is 0. The molecule has 0 unspecified atom stereocenters. The lowest BCUT2D eigenvalue weighted by Gasteiger charge is -2.25. The molecule has 1 amide bonds. The molecule has 1 aliphatic heterocycles. The van der Waals surface area contributed by atoms with Crippen LogP contribution in [0.2, 0.25) is 0 Å². The van der Waals surface area contributed by atoms with Crippen LogP contribution in [0.15, 0.2) is 83.9 Å². The number of fused-ring (bicyclic) bond motifs is 1. The van der Waals surface area contributed by atoms with Crippen molar-refractivity contribution in [2.24, 2.45) is 0 Å². The van der Waals surface area contributed by atoms with E-state index in [9.17, 15) is 4.79 Å². The molecule has 186 valence electrons. The van der Waals surface area contributed by atoms with Gasteiger partial charge in [0.1, 0.15) is 12.3 Å². The smallest absolute Gasteiger partial charge is 0.254 e. The molecular weight excluding hydrogens is 464 g/mol. The van der Waals surface area contributed by atoms with Gasteiger partial charge in [-0.25, -0.2) is 9.67 Å². The predicted molar refractivity (Wildman–Crippen MR) is 142 cm³/mol. The molecule has 5 heterocycles. The second-order valence-corrected chi connectivity index (χ2v) is 9.40. The molecule has 37 heavy (non-hydrogen) atoms. The van der Waals surface area contributed by atoms with Crippen molar-refractivity contribution in [1.29, 1.82) is 0 Å². The van der Waals surface area contributed by atoms with Gasteiger partial charge in [-0.2, -0.15) is 5.10 Å². The zero-order valence-corrected chi connectivity index (χ0v) is 20.7. The van der Waals surface area contributed by atoms with Crippen LogP contribution in [-0.2, 0) is 13.1 Å². The van der Waals surface area contributed by atoms with Crippen LogP contribution < -0.4 is 4.90 Å². The summed E-state index contributed by atoms with van der Waals surface area (Å²) in [5, 5.41) is 5.27. The lowest BCUT2D eigenvalue weighted by molar-refractivity contribution is 0.0787. The number of nitrogens with zero attached hydrogens (tertiary/aromatic N) is 6. The molecule has 0 radical (unpaired) electrons. The lowest BCUT2D eigenvalue weighted by Crippen LogP contribution is -2.28. The Morgan fingerprint density at radius 2 is 1.92 bits per heavy atom. The van der Waals surface area contributed by atoms with E-state index in [2.05, 4.69) is 33.2 Å². The van der Waals surface area contributed by atoms with Crippen LogP contribution in [0.5, 0.6) is 0 Å². The quantitative estimate of drug-likeness (QED) is 0.318. The van der Waals surface area contributed by atoms with Crippen molar-refractivity contribution in [1.82, 2.24) is 24.6 Å². The average molecular weight is 493 g/mol. The van der Waals surface area contributed by atoms with Crippen molar-refractivity contribution < 1.29 is 9.21 Å². The number of para-hydroxylation sites is 1. The van der Waals surface area contributed by atoms with Gasteiger partial charge in [-0.3, -0.25) is 9.78 Å². The third kappa shape index (κ3) is 4.58. The van der Waals surface area contributed by atoms with E-state index < -0.39 is 0 Å². The Morgan fingerprint density at radius 1 is 1.05 bits per heavy atom. The predicted octanol–water partition coefficient (Wildman–Crippen LogP) is 5.01. The molecule has 0 spiro atoms. The number of rotatable bonds is 7. The lowest BCUT2D eigenvalue weighted by atomic mass is 10.1. The summed E-state index contributed by atoms with van der Waals surface area (Å²) in [6, 6.07) is 17.8. The topological polar surface area (TPSA) is 80.3 Å². The van der Waals surface area contributed by atoms with Gasteiger partial charge in [0, 0.05) is 50.3 Å². The van der Waals surface area contributed by atoms with Crippen LogP contribution >= 0.6 is 0 Å². The Morgan fingerprint density at radius 3 is 2.70 bits per heavy atom. The Balaban J connectivity index is 1.38. The van der Waals surface area contributed by atoms with Gasteiger partial charge in [0.15, 0.2) is 5.65 Å². The second-order valence-electron chi connectivity index (χ2n) is 9.40. The van der Waals surface area contributed by atoms with Crippen molar-refractivity contribution >= 4 is 22.6 Å². The first-order valence-corrected chi connectivity index (χ1v) is 12.5. The molecule has 5 aromatic rings. The third-order valence-electron chi connectivity index (χ3n) is 6.88. The van der Waals surface area contributed by atoms with Gasteiger partial charge in [-0.1, -0.05) is 18.2 Å². The third-order valence-corrected chi connectivity index (χ3v) is 6.88. The minimum Gasteiger partial charge on any atom is -0.467 e. The minimum atomic E-state index is -0.0775. The number of furan rings is 1. The average Bonchev–Trinajstić information content (AvgIpc) is 3.72. The van der Waals surface area contributed by atoms with Gasteiger partial charge in [0.25, 0.3) is 5.91 Å². The molecule has 1 aliphatic rings. The highest BCUT2D eigenvalue weighted by Gasteiger charge is 2.22. The van der Waals surface area contributed by atoms with E-state index in [0.29, 0.717) is 35.4 Å². The SMILES string of the molecule is CN(Cc1ccccc1N1CCCC1)C(=O)c1cc(-c2cccnc2)nc2c1cnn2Cc1ccco1. The Hall–Kier alpha value is -4.46. The Kier molecular flexibility index (Phi) is 6.14. The van der Waals surface area contributed by atoms with Crippen LogP contribution in [0, 0.1) is 0 Å². The fraction of sp³-hybridized carbons (Fsp3) is 0.241. The normalized spacial score (nSPS) is 13.4. The van der Waals surface area contributed by atoms with Crippen LogP contribution in [0.25, 0.3) is 22.3 Å². The highest BCUT2D eigenvalue weighted by Crippen LogP contribution is 2.28. The number of hydrogen-bond donors (Lipinski definition) is 0. The van der Waals surface area contributed by atoms with Crippen LogP contribution in [0.3, 0.4) is 0 Å². The van der Waals surface area contributed by atoms with Gasteiger partial charge in [-0.15, -0.1) is 0 Å². The monoisotopic (exact) mass is 492 g/mol. The maximum absolute atomic E-state index is 13.9. The maximum Gasteiger partial charge on any atom is 0.254 e. The fourth-order valence-electron chi connectivity index (χ4n) is 5.00. The van der Waals surface area contributed by atoms with E-state index in [-0.39, 0.29) is 5.91 Å². The molecule has 0 aliphatic carbocycles. The van der Waals surface area contributed by atoms with E-state index in [0.717, 1.165) is 30.0 Å². The molecule has 4 aromatic heterocycles. The second kappa shape index (κ2) is 9.89. The van der Waals surface area contributed by atoms with Gasteiger partial charge in [-0.05, 0) is 54.8 Å². The first-order chi connectivity index (χ1) is 18.2. The highest BCUT2D eigenvalue weighted by atomic mass is 16.3. The number of aromatic nitrogens is 4. The molecule has 8 heteroatoms. The van der Waals surface area contributed by atoms with E-state index in [1.54, 1.807) is 34.4 Å². The van der Waals surface area contributed by atoms with Gasteiger partial charge in [0.2, 0.25) is 0 Å². The molecule has 6 rings (SSSR count). The molecule has 0 atom stereocenters. The molecule has 1 saturated heterocycles. The largest absolute Gasteiger partial charge is 0.467 e. The van der Waals surface area contributed by atoms with Crippen molar-refractivity contribution in [2.45, 2.75) is 25.9 Å². The molecule has 0 bridgehead atoms. The van der Waals surface area contributed by atoms with Crippen LogP contribution in [-0.4, -0.2) is 50.7 Å². The molecule has 0 saturated carbocycles. The molecule has 1 fully saturated rings. The van der Waals surface area contributed by atoms with Crippen molar-refractivity contribution in [2.75, 3.05) is 25.0 Å². The van der Waals surface area contributed by atoms with Crippen molar-refractivity contribution in [3.8, 4) is 11.3 Å². The zero-order chi connectivity index (χ0) is 25.2. The van der Waals surface area contributed by atoms with Crippen LogP contribution in [0.4, 0.5) is 5.69 Å². The summed E-state index contributed by atoms with van der Waals surface area (Å²) in [4.78, 5) is 27.2. The number of pyridine rings is 2. The Labute approximate surface area is 215 Å². The minimum absolute atomic E-state index is 0.0775. The summed E-state index contributed by atoms with van der Waals surface area (Å²) in [5.41, 5.74) is 5.07. The maximum atomic E-state index is 13.9. The van der Waals surface area contributed by atoms with E-state index >= 15 is 0 Å². The first kappa shape index (κ1) is 23.0. The Bertz CT molecular complexity index is 1520. The summed E-state index contributed by atoms with van der Waals surface area (Å²) < 4.78 is 7.30. The standard InChI is InChI=1S/C29H28N6O2/c1-33(19-22-8-2-3-11-27(22)34-13-4-5-14-34)29(36)24-16-26(21-9-6-12-30-17-21)32-28-25(24)18-31-35(28)20-23-10-7-15-37-23/h2-3,6-12,15-18H,4-5,13-14,19-20H2,1H3. The first-order valence-electron chi connectivity index (χ1n) is 12.5. The molecular formula is C29H28N6O2. The summed E-state index contributed by atoms with van der Waals surface area (Å²) in [6.07, 6.45) is 9.25. The molecule has 8 nitrogen and oxygen atoms in total. The number of carbonyl (C=O) groups excluding carboxylic acids is 1. The number of benzene rings is 1. The number of hydrogen-bond acceptors (Lipinski definition) is 6. The summed E-state index contributed by atoms with van der Waals surface area (Å²) in [7, 11) is 1.85. The molecule has 1 aromatic carbocycles. The number of anilines is 1. The fourth-order valence-corrected chi connectivity index (χ4v) is 5.00. The molecule has 0 N–H and O–H groups in total. The van der Waals surface area contributed by atoms with Crippen molar-refractivity contribution in [3.05, 3.63) is 96.3 Å². The number of carbonyl (C=O) groups is 1. The summed E-state index contributed by atoms with van der Waals surface area (Å²) in [6.45, 7) is 3.05. The van der Waals surface area contributed by atoms with E-state index in [1.807, 2.05) is 43.4 Å². The van der Waals surface area contributed by atoms with E-state index in [4.69, 9.17) is 9.40 Å². The van der Waals surface area contributed by atoms with Gasteiger partial charge in [0.05, 0.1) is 29.1 Å².